The number of nitrogens with zero attached hydrogens (tertiary/aromatic N) is 1. The first-order chi connectivity index (χ1) is 9.80. The number of nitrogen functional groups attached to an aromatic ring is 1. The van der Waals surface area contributed by atoms with Crippen LogP contribution in [0.1, 0.15) is 5.56 Å². The number of sulfonamides is 1. The van der Waals surface area contributed by atoms with E-state index in [1.807, 2.05) is 6.07 Å². The minimum absolute atomic E-state index is 0.225. The van der Waals surface area contributed by atoms with Crippen LogP contribution in [0.3, 0.4) is 0 Å². The summed E-state index contributed by atoms with van der Waals surface area (Å²) in [6, 6.07) is 12.2. The lowest BCUT2D eigenvalue weighted by atomic mass is 10.2. The first-order valence-corrected chi connectivity index (χ1v) is 9.09. The molecule has 4 nitrogen and oxygen atoms in total. The molecule has 0 unspecified atom stereocenters. The Labute approximate surface area is 141 Å². The van der Waals surface area contributed by atoms with Gasteiger partial charge in [0.15, 0.2) is 0 Å². The molecule has 2 aromatic carbocycles. The Morgan fingerprint density at radius 1 is 1.14 bits per heavy atom. The van der Waals surface area contributed by atoms with Crippen LogP contribution in [0, 0.1) is 0 Å². The minimum atomic E-state index is -3.59. The van der Waals surface area contributed by atoms with E-state index in [9.17, 15) is 8.42 Å². The van der Waals surface area contributed by atoms with Gasteiger partial charge in [-0.15, -0.1) is 0 Å². The van der Waals surface area contributed by atoms with Crippen LogP contribution in [0.25, 0.3) is 0 Å². The summed E-state index contributed by atoms with van der Waals surface area (Å²) in [6.45, 7) is 0.256. The summed E-state index contributed by atoms with van der Waals surface area (Å²) >= 11 is 6.58. The number of anilines is 1. The number of benzene rings is 2. The third-order valence-electron chi connectivity index (χ3n) is 2.94. The van der Waals surface area contributed by atoms with E-state index in [0.717, 1.165) is 5.56 Å². The summed E-state index contributed by atoms with van der Waals surface area (Å²) in [7, 11) is -2.04. The molecular formula is C14H14Br2N2O2S. The summed E-state index contributed by atoms with van der Waals surface area (Å²) < 4.78 is 27.8. The van der Waals surface area contributed by atoms with Crippen LogP contribution < -0.4 is 5.73 Å². The number of hydrogen-bond acceptors (Lipinski definition) is 3. The van der Waals surface area contributed by atoms with Crippen LogP contribution >= 0.6 is 31.9 Å². The molecule has 7 heteroatoms. The lowest BCUT2D eigenvalue weighted by molar-refractivity contribution is 0.466. The number of halogens is 2. The highest BCUT2D eigenvalue weighted by Gasteiger charge is 2.23. The summed E-state index contributed by atoms with van der Waals surface area (Å²) in [4.78, 5) is 0.225. The Bertz CT molecular complexity index is 763. The van der Waals surface area contributed by atoms with E-state index in [4.69, 9.17) is 5.73 Å². The van der Waals surface area contributed by atoms with E-state index < -0.39 is 10.0 Å². The zero-order chi connectivity index (χ0) is 15.6. The van der Waals surface area contributed by atoms with Gasteiger partial charge >= 0.3 is 0 Å². The Morgan fingerprint density at radius 3 is 2.52 bits per heavy atom. The number of rotatable bonds is 4. The van der Waals surface area contributed by atoms with Gasteiger partial charge in [-0.2, -0.15) is 4.31 Å². The highest BCUT2D eigenvalue weighted by Crippen LogP contribution is 2.28. The molecule has 0 aliphatic carbocycles. The van der Waals surface area contributed by atoms with Crippen molar-refractivity contribution in [1.29, 1.82) is 0 Å². The molecule has 0 fully saturated rings. The molecule has 0 aromatic heterocycles. The first-order valence-electron chi connectivity index (χ1n) is 6.06. The van der Waals surface area contributed by atoms with E-state index in [1.165, 1.54) is 4.31 Å². The Kier molecular flexibility index (Phi) is 5.08. The maximum atomic E-state index is 12.6. The van der Waals surface area contributed by atoms with Crippen molar-refractivity contribution in [3.8, 4) is 0 Å². The van der Waals surface area contributed by atoms with Crippen molar-refractivity contribution in [1.82, 2.24) is 4.31 Å². The van der Waals surface area contributed by atoms with E-state index >= 15 is 0 Å². The molecule has 2 aromatic rings. The molecule has 0 amide bonds. The van der Waals surface area contributed by atoms with Gasteiger partial charge in [0.2, 0.25) is 10.0 Å². The standard InChI is InChI=1S/C14H14Br2N2O2S/c1-18(9-10-3-2-4-12(17)7-10)21(19,20)14-8-11(15)5-6-13(14)16/h2-8H,9,17H2,1H3. The molecule has 2 rings (SSSR count). The summed E-state index contributed by atoms with van der Waals surface area (Å²) in [6.07, 6.45) is 0. The normalized spacial score (nSPS) is 11.8. The summed E-state index contributed by atoms with van der Waals surface area (Å²) in [5.41, 5.74) is 7.17. The third-order valence-corrected chi connectivity index (χ3v) is 6.23. The molecule has 0 spiro atoms. The van der Waals surface area contributed by atoms with Crippen LogP contribution in [0.5, 0.6) is 0 Å². The van der Waals surface area contributed by atoms with Crippen LogP contribution in [-0.2, 0) is 16.6 Å². The maximum Gasteiger partial charge on any atom is 0.244 e. The molecule has 112 valence electrons. The van der Waals surface area contributed by atoms with Crippen LogP contribution in [0.4, 0.5) is 5.69 Å². The SMILES string of the molecule is CN(Cc1cccc(N)c1)S(=O)(=O)c1cc(Br)ccc1Br. The lowest BCUT2D eigenvalue weighted by Crippen LogP contribution is -2.26. The Balaban J connectivity index is 2.33. The van der Waals surface area contributed by atoms with Gasteiger partial charge < -0.3 is 5.73 Å². The molecular weight excluding hydrogens is 420 g/mol. The van der Waals surface area contributed by atoms with Gasteiger partial charge in [0.05, 0.1) is 4.90 Å². The molecule has 21 heavy (non-hydrogen) atoms. The molecule has 0 bridgehead atoms. The van der Waals surface area contributed by atoms with Crippen molar-refractivity contribution in [2.45, 2.75) is 11.4 Å². The predicted molar refractivity (Wildman–Crippen MR) is 91.3 cm³/mol. The van der Waals surface area contributed by atoms with Gasteiger partial charge in [0, 0.05) is 28.2 Å². The minimum Gasteiger partial charge on any atom is -0.399 e. The fourth-order valence-electron chi connectivity index (χ4n) is 1.88. The highest BCUT2D eigenvalue weighted by molar-refractivity contribution is 9.11. The Morgan fingerprint density at radius 2 is 1.86 bits per heavy atom. The summed E-state index contributed by atoms with van der Waals surface area (Å²) in [5, 5.41) is 0. The molecule has 0 atom stereocenters. The first kappa shape index (κ1) is 16.5. The van der Waals surface area contributed by atoms with Crippen LogP contribution in [-0.4, -0.2) is 19.8 Å². The molecule has 0 aliphatic heterocycles. The fourth-order valence-corrected chi connectivity index (χ4v) is 4.49. The van der Waals surface area contributed by atoms with Crippen molar-refractivity contribution < 1.29 is 8.42 Å². The van der Waals surface area contributed by atoms with Gasteiger partial charge in [-0.05, 0) is 51.8 Å². The van der Waals surface area contributed by atoms with Crippen molar-refractivity contribution in [3.63, 3.8) is 0 Å². The molecule has 0 radical (unpaired) electrons. The van der Waals surface area contributed by atoms with Gasteiger partial charge in [0.25, 0.3) is 0 Å². The number of hydrogen-bond donors (Lipinski definition) is 1. The van der Waals surface area contributed by atoms with E-state index in [-0.39, 0.29) is 11.4 Å². The zero-order valence-corrected chi connectivity index (χ0v) is 15.2. The van der Waals surface area contributed by atoms with E-state index in [0.29, 0.717) is 14.6 Å². The topological polar surface area (TPSA) is 63.4 Å². The molecule has 0 saturated carbocycles. The average molecular weight is 434 g/mol. The quantitative estimate of drug-likeness (QED) is 0.749. The molecule has 0 saturated heterocycles. The van der Waals surface area contributed by atoms with Crippen molar-refractivity contribution in [2.75, 3.05) is 12.8 Å². The van der Waals surface area contributed by atoms with Crippen LogP contribution in [0.15, 0.2) is 56.3 Å². The zero-order valence-electron chi connectivity index (χ0n) is 11.3. The van der Waals surface area contributed by atoms with Gasteiger partial charge in [-0.25, -0.2) is 8.42 Å². The maximum absolute atomic E-state index is 12.6. The predicted octanol–water partition coefficient (Wildman–Crippen LogP) is 3.61. The Hall–Kier alpha value is -0.890. The second-order valence-corrected chi connectivity index (χ2v) is 8.36. The second-order valence-electron chi connectivity index (χ2n) is 4.58. The van der Waals surface area contributed by atoms with Gasteiger partial charge in [0.1, 0.15) is 0 Å². The molecule has 0 heterocycles. The fraction of sp³-hybridized carbons (Fsp3) is 0.143. The average Bonchev–Trinajstić information content (AvgIpc) is 2.41. The van der Waals surface area contributed by atoms with Crippen molar-refractivity contribution in [3.05, 3.63) is 57.0 Å². The molecule has 0 aliphatic rings. The highest BCUT2D eigenvalue weighted by atomic mass is 79.9. The van der Waals surface area contributed by atoms with E-state index in [2.05, 4.69) is 31.9 Å². The summed E-state index contributed by atoms with van der Waals surface area (Å²) in [5.74, 6) is 0. The smallest absolute Gasteiger partial charge is 0.244 e. The van der Waals surface area contributed by atoms with Crippen molar-refractivity contribution >= 4 is 47.6 Å². The number of nitrogens with two attached hydrogens (primary N) is 1. The third kappa shape index (κ3) is 3.85. The molecule has 2 N–H and O–H groups in total. The second kappa shape index (κ2) is 6.48. The van der Waals surface area contributed by atoms with Gasteiger partial charge in [-0.3, -0.25) is 0 Å². The van der Waals surface area contributed by atoms with Crippen LogP contribution in [0.2, 0.25) is 0 Å². The largest absolute Gasteiger partial charge is 0.399 e. The lowest BCUT2D eigenvalue weighted by Gasteiger charge is -2.18. The van der Waals surface area contributed by atoms with Crippen molar-refractivity contribution in [2.24, 2.45) is 0 Å². The van der Waals surface area contributed by atoms with E-state index in [1.54, 1.807) is 43.4 Å². The van der Waals surface area contributed by atoms with Gasteiger partial charge in [-0.1, -0.05) is 28.1 Å². The monoisotopic (exact) mass is 432 g/mol.